The Hall–Kier alpha value is -3.29. The number of carbonyl (C=O) groups is 1. The van der Waals surface area contributed by atoms with Gasteiger partial charge in [0.15, 0.2) is 11.5 Å². The first-order valence-electron chi connectivity index (χ1n) is 12.6. The SMILES string of the molecule is CCCCCCN1C(=O)/C(=C\c2c(C)c(C#N)c(=O)n(C)c2NCCc2ccc(OC)c(OC)c2)SC1=S. The van der Waals surface area contributed by atoms with Crippen molar-refractivity contribution in [2.45, 2.75) is 46.0 Å². The van der Waals surface area contributed by atoms with Gasteiger partial charge in [-0.3, -0.25) is 19.1 Å². The fourth-order valence-electron chi connectivity index (χ4n) is 4.33. The number of nitrogens with zero attached hydrogens (tertiary/aromatic N) is 3. The molecule has 38 heavy (non-hydrogen) atoms. The number of pyridine rings is 1. The van der Waals surface area contributed by atoms with Crippen molar-refractivity contribution in [2.24, 2.45) is 7.05 Å². The fraction of sp³-hybridized carbons (Fsp3) is 0.429. The van der Waals surface area contributed by atoms with Crippen LogP contribution in [0.2, 0.25) is 0 Å². The number of hydrogen-bond donors (Lipinski definition) is 1. The Kier molecular flexibility index (Phi) is 10.4. The molecule has 2 heterocycles. The minimum atomic E-state index is -0.390. The average molecular weight is 555 g/mol. The smallest absolute Gasteiger partial charge is 0.270 e. The van der Waals surface area contributed by atoms with Crippen molar-refractivity contribution in [1.29, 1.82) is 5.26 Å². The van der Waals surface area contributed by atoms with Crippen LogP contribution in [0, 0.1) is 18.3 Å². The zero-order valence-corrected chi connectivity index (χ0v) is 24.2. The molecule has 0 aliphatic carbocycles. The highest BCUT2D eigenvalue weighted by molar-refractivity contribution is 8.26. The van der Waals surface area contributed by atoms with Crippen LogP contribution in [0.5, 0.6) is 11.5 Å². The number of aromatic nitrogens is 1. The number of nitrogens with one attached hydrogen (secondary N) is 1. The molecule has 10 heteroatoms. The van der Waals surface area contributed by atoms with Crippen LogP contribution in [-0.2, 0) is 18.3 Å². The molecule has 0 radical (unpaired) electrons. The predicted molar refractivity (Wildman–Crippen MR) is 157 cm³/mol. The van der Waals surface area contributed by atoms with Crippen LogP contribution in [0.4, 0.5) is 5.82 Å². The largest absolute Gasteiger partial charge is 0.493 e. The maximum Gasteiger partial charge on any atom is 0.270 e. The molecule has 8 nitrogen and oxygen atoms in total. The summed E-state index contributed by atoms with van der Waals surface area (Å²) < 4.78 is 12.7. The molecule has 1 N–H and O–H groups in total. The second kappa shape index (κ2) is 13.5. The van der Waals surface area contributed by atoms with Crippen LogP contribution >= 0.6 is 24.0 Å². The highest BCUT2D eigenvalue weighted by Crippen LogP contribution is 2.35. The van der Waals surface area contributed by atoms with Gasteiger partial charge in [0, 0.05) is 25.7 Å². The van der Waals surface area contributed by atoms with E-state index < -0.39 is 0 Å². The van der Waals surface area contributed by atoms with E-state index in [9.17, 15) is 14.9 Å². The highest BCUT2D eigenvalue weighted by atomic mass is 32.2. The quantitative estimate of drug-likeness (QED) is 0.222. The molecule has 1 aliphatic rings. The van der Waals surface area contributed by atoms with E-state index in [1.54, 1.807) is 39.2 Å². The van der Waals surface area contributed by atoms with E-state index in [2.05, 4.69) is 12.2 Å². The third kappa shape index (κ3) is 6.40. The van der Waals surface area contributed by atoms with Crippen LogP contribution in [0.3, 0.4) is 0 Å². The maximum absolute atomic E-state index is 13.2. The summed E-state index contributed by atoms with van der Waals surface area (Å²) in [6, 6.07) is 7.75. The molecule has 0 unspecified atom stereocenters. The number of methoxy groups -OCH3 is 2. The van der Waals surface area contributed by atoms with E-state index in [1.807, 2.05) is 24.3 Å². The lowest BCUT2D eigenvalue weighted by Gasteiger charge is -2.18. The summed E-state index contributed by atoms with van der Waals surface area (Å²) in [4.78, 5) is 28.2. The van der Waals surface area contributed by atoms with E-state index in [4.69, 9.17) is 21.7 Å². The molecular formula is C28H34N4O4S2. The van der Waals surface area contributed by atoms with Crippen LogP contribution < -0.4 is 20.3 Å². The molecule has 0 atom stereocenters. The van der Waals surface area contributed by atoms with Crippen molar-refractivity contribution in [1.82, 2.24) is 9.47 Å². The lowest BCUT2D eigenvalue weighted by atomic mass is 10.0. The van der Waals surface area contributed by atoms with Crippen molar-refractivity contribution < 1.29 is 14.3 Å². The molecule has 1 amide bonds. The van der Waals surface area contributed by atoms with Gasteiger partial charge in [-0.05, 0) is 49.1 Å². The van der Waals surface area contributed by atoms with Gasteiger partial charge < -0.3 is 14.8 Å². The molecule has 1 fully saturated rings. The molecule has 1 aromatic carbocycles. The molecule has 0 saturated carbocycles. The summed E-state index contributed by atoms with van der Waals surface area (Å²) in [5.74, 6) is 1.70. The van der Waals surface area contributed by atoms with Gasteiger partial charge >= 0.3 is 0 Å². The van der Waals surface area contributed by atoms with Crippen LogP contribution in [-0.4, -0.2) is 47.0 Å². The van der Waals surface area contributed by atoms with Gasteiger partial charge in [0.25, 0.3) is 11.5 Å². The highest BCUT2D eigenvalue weighted by Gasteiger charge is 2.32. The Morgan fingerprint density at radius 1 is 1.16 bits per heavy atom. The summed E-state index contributed by atoms with van der Waals surface area (Å²) in [6.45, 7) is 4.98. The molecule has 0 bridgehead atoms. The summed E-state index contributed by atoms with van der Waals surface area (Å²) in [5.41, 5.74) is 1.84. The molecule has 0 spiro atoms. The van der Waals surface area contributed by atoms with E-state index in [0.717, 1.165) is 31.2 Å². The van der Waals surface area contributed by atoms with Crippen molar-refractivity contribution in [3.63, 3.8) is 0 Å². The fourth-order valence-corrected chi connectivity index (χ4v) is 5.62. The Bertz CT molecular complexity index is 1340. The van der Waals surface area contributed by atoms with E-state index in [0.29, 0.717) is 57.2 Å². The Morgan fingerprint density at radius 2 is 1.89 bits per heavy atom. The van der Waals surface area contributed by atoms with Crippen molar-refractivity contribution in [3.05, 3.63) is 55.7 Å². The Morgan fingerprint density at radius 3 is 2.55 bits per heavy atom. The molecule has 2 aromatic rings. The first-order valence-corrected chi connectivity index (χ1v) is 13.8. The number of amides is 1. The van der Waals surface area contributed by atoms with Crippen LogP contribution in [0.25, 0.3) is 6.08 Å². The van der Waals surface area contributed by atoms with E-state index >= 15 is 0 Å². The lowest BCUT2D eigenvalue weighted by Crippen LogP contribution is -2.29. The number of ether oxygens (including phenoxy) is 2. The third-order valence-corrected chi connectivity index (χ3v) is 7.92. The summed E-state index contributed by atoms with van der Waals surface area (Å²) in [6.07, 6.45) is 6.58. The number of thioether (sulfide) groups is 1. The van der Waals surface area contributed by atoms with Gasteiger partial charge in [-0.15, -0.1) is 0 Å². The summed E-state index contributed by atoms with van der Waals surface area (Å²) in [7, 11) is 4.81. The minimum absolute atomic E-state index is 0.0548. The Labute approximate surface area is 233 Å². The topological polar surface area (TPSA) is 96.6 Å². The number of anilines is 1. The summed E-state index contributed by atoms with van der Waals surface area (Å²) >= 11 is 6.75. The number of thiocarbonyl (C=S) groups is 1. The van der Waals surface area contributed by atoms with Gasteiger partial charge in [-0.2, -0.15) is 5.26 Å². The van der Waals surface area contributed by atoms with Crippen molar-refractivity contribution in [2.75, 3.05) is 32.6 Å². The normalized spacial score (nSPS) is 14.2. The van der Waals surface area contributed by atoms with Crippen LogP contribution in [0.15, 0.2) is 27.9 Å². The van der Waals surface area contributed by atoms with E-state index in [-0.39, 0.29) is 17.0 Å². The minimum Gasteiger partial charge on any atom is -0.493 e. The average Bonchev–Trinajstić information content (AvgIpc) is 3.18. The van der Waals surface area contributed by atoms with Gasteiger partial charge in [0.1, 0.15) is 21.8 Å². The molecular weight excluding hydrogens is 520 g/mol. The first-order chi connectivity index (χ1) is 18.3. The van der Waals surface area contributed by atoms with Crippen molar-refractivity contribution in [3.8, 4) is 17.6 Å². The number of carbonyl (C=O) groups excluding carboxylic acids is 1. The van der Waals surface area contributed by atoms with Gasteiger partial charge in [0.05, 0.1) is 19.1 Å². The molecule has 202 valence electrons. The van der Waals surface area contributed by atoms with Gasteiger partial charge in [-0.1, -0.05) is 56.2 Å². The molecule has 1 aliphatic heterocycles. The second-order valence-electron chi connectivity index (χ2n) is 9.00. The summed E-state index contributed by atoms with van der Waals surface area (Å²) in [5, 5.41) is 13.0. The molecule has 1 saturated heterocycles. The molecule has 1 aromatic heterocycles. The molecule has 3 rings (SSSR count). The zero-order valence-electron chi connectivity index (χ0n) is 22.6. The first kappa shape index (κ1) is 29.3. The monoisotopic (exact) mass is 554 g/mol. The van der Waals surface area contributed by atoms with Crippen LogP contribution in [0.1, 0.15) is 54.9 Å². The standard InChI is InChI=1S/C28H34N4O4S2/c1-6-7-8-9-14-32-27(34)24(38-28(32)37)16-20-18(2)21(17-29)26(33)31(3)25(20)30-13-12-19-10-11-22(35-4)23(15-19)36-5/h10-11,15-16,30H,6-9,12-14H2,1-5H3/b24-16+. The van der Waals surface area contributed by atoms with Gasteiger partial charge in [0.2, 0.25) is 0 Å². The number of benzene rings is 1. The Balaban J connectivity index is 1.90. The zero-order chi connectivity index (χ0) is 27.8. The van der Waals surface area contributed by atoms with Crippen molar-refractivity contribution >= 4 is 46.1 Å². The number of rotatable bonds is 12. The maximum atomic E-state index is 13.2. The predicted octanol–water partition coefficient (Wildman–Crippen LogP) is 5.02. The van der Waals surface area contributed by atoms with E-state index in [1.165, 1.54) is 16.3 Å². The lowest BCUT2D eigenvalue weighted by molar-refractivity contribution is -0.122. The number of hydrogen-bond acceptors (Lipinski definition) is 8. The number of unbranched alkanes of at least 4 members (excludes halogenated alkanes) is 3. The number of nitriles is 1. The third-order valence-electron chi connectivity index (χ3n) is 6.54. The second-order valence-corrected chi connectivity index (χ2v) is 10.7. The van der Waals surface area contributed by atoms with Gasteiger partial charge in [-0.25, -0.2) is 0 Å².